The van der Waals surface area contributed by atoms with E-state index in [9.17, 15) is 9.90 Å². The van der Waals surface area contributed by atoms with Crippen LogP contribution in [0.15, 0.2) is 36.4 Å². The number of ether oxygens (including phenoxy) is 1. The van der Waals surface area contributed by atoms with E-state index in [2.05, 4.69) is 11.3 Å². The van der Waals surface area contributed by atoms with Crippen LogP contribution in [-0.2, 0) is 9.53 Å². The molecule has 0 bridgehead atoms. The molecular formula is C12H11NO3. The third kappa shape index (κ3) is 2.47. The van der Waals surface area contributed by atoms with Crippen molar-refractivity contribution in [1.82, 2.24) is 0 Å². The summed E-state index contributed by atoms with van der Waals surface area (Å²) in [4.78, 5) is 11.1. The monoisotopic (exact) mass is 217 g/mol. The molecule has 0 aliphatic rings. The molecular weight excluding hydrogens is 206 g/mol. The molecule has 16 heavy (non-hydrogen) atoms. The molecule has 82 valence electrons. The molecule has 1 aromatic rings. The van der Waals surface area contributed by atoms with Gasteiger partial charge in [0.15, 0.2) is 0 Å². The number of aliphatic hydroxyl groups excluding tert-OH is 1. The number of hydrogen-bond donors (Lipinski definition) is 1. The summed E-state index contributed by atoms with van der Waals surface area (Å²) in [5.41, 5.74) is 0.946. The predicted molar refractivity (Wildman–Crippen MR) is 57.3 cm³/mol. The summed E-state index contributed by atoms with van der Waals surface area (Å²) >= 11 is 0. The van der Waals surface area contributed by atoms with Crippen LogP contribution in [-0.4, -0.2) is 18.2 Å². The largest absolute Gasteiger partial charge is 0.466 e. The first-order valence-electron chi connectivity index (χ1n) is 4.55. The maximum absolute atomic E-state index is 11.1. The first-order valence-corrected chi connectivity index (χ1v) is 4.55. The zero-order valence-corrected chi connectivity index (χ0v) is 8.80. The number of benzene rings is 1. The minimum Gasteiger partial charge on any atom is -0.466 e. The highest BCUT2D eigenvalue weighted by atomic mass is 16.5. The average Bonchev–Trinajstić information content (AvgIpc) is 2.36. The fraction of sp³-hybridized carbons (Fsp3) is 0.167. The van der Waals surface area contributed by atoms with Gasteiger partial charge in [-0.05, 0) is 17.7 Å². The van der Waals surface area contributed by atoms with E-state index in [0.29, 0.717) is 11.1 Å². The van der Waals surface area contributed by atoms with Crippen LogP contribution in [0.5, 0.6) is 0 Å². The Morgan fingerprint density at radius 3 is 2.50 bits per heavy atom. The molecule has 0 radical (unpaired) electrons. The molecule has 0 fully saturated rings. The zero-order valence-electron chi connectivity index (χ0n) is 8.80. The van der Waals surface area contributed by atoms with Gasteiger partial charge < -0.3 is 9.84 Å². The van der Waals surface area contributed by atoms with E-state index in [4.69, 9.17) is 5.26 Å². The number of carbonyl (C=O) groups is 1. The van der Waals surface area contributed by atoms with Gasteiger partial charge in [0.05, 0.1) is 24.3 Å². The predicted octanol–water partition coefficient (Wildman–Crippen LogP) is 1.32. The molecule has 1 aromatic carbocycles. The number of carbonyl (C=O) groups excluding carboxylic acids is 1. The van der Waals surface area contributed by atoms with E-state index in [1.165, 1.54) is 7.11 Å². The highest BCUT2D eigenvalue weighted by Crippen LogP contribution is 2.21. The second-order valence-electron chi connectivity index (χ2n) is 3.15. The second-order valence-corrected chi connectivity index (χ2v) is 3.15. The molecule has 0 aromatic heterocycles. The number of nitriles is 1. The Labute approximate surface area is 93.4 Å². The number of esters is 1. The van der Waals surface area contributed by atoms with Crippen LogP contribution in [0.4, 0.5) is 0 Å². The summed E-state index contributed by atoms with van der Waals surface area (Å²) < 4.78 is 4.45. The van der Waals surface area contributed by atoms with Crippen LogP contribution < -0.4 is 0 Å². The molecule has 1 rings (SSSR count). The van der Waals surface area contributed by atoms with Crippen LogP contribution in [0.2, 0.25) is 0 Å². The molecule has 0 heterocycles. The van der Waals surface area contributed by atoms with Gasteiger partial charge in [0.25, 0.3) is 0 Å². The van der Waals surface area contributed by atoms with Crippen molar-refractivity contribution in [3.8, 4) is 6.07 Å². The molecule has 0 aliphatic carbocycles. The van der Waals surface area contributed by atoms with Crippen molar-refractivity contribution in [3.63, 3.8) is 0 Å². The first-order chi connectivity index (χ1) is 7.60. The Morgan fingerprint density at radius 2 is 2.06 bits per heavy atom. The molecule has 4 heteroatoms. The van der Waals surface area contributed by atoms with Gasteiger partial charge in [-0.1, -0.05) is 18.7 Å². The molecule has 1 N–H and O–H groups in total. The first kappa shape index (κ1) is 12.0. The number of aliphatic hydroxyl groups is 1. The van der Waals surface area contributed by atoms with Crippen LogP contribution in [0, 0.1) is 11.3 Å². The highest BCUT2D eigenvalue weighted by Gasteiger charge is 2.18. The Morgan fingerprint density at radius 1 is 1.50 bits per heavy atom. The summed E-state index contributed by atoms with van der Waals surface area (Å²) in [7, 11) is 1.22. The molecule has 0 spiro atoms. The summed E-state index contributed by atoms with van der Waals surface area (Å²) in [6.07, 6.45) is -1.11. The fourth-order valence-electron chi connectivity index (χ4n) is 1.18. The van der Waals surface area contributed by atoms with E-state index < -0.39 is 12.1 Å². The van der Waals surface area contributed by atoms with Gasteiger partial charge in [-0.3, -0.25) is 0 Å². The van der Waals surface area contributed by atoms with Gasteiger partial charge in [-0.25, -0.2) is 4.79 Å². The third-order valence-electron chi connectivity index (χ3n) is 2.13. The van der Waals surface area contributed by atoms with Crippen LogP contribution in [0.1, 0.15) is 17.2 Å². The zero-order chi connectivity index (χ0) is 12.1. The molecule has 1 atom stereocenters. The summed E-state index contributed by atoms with van der Waals surface area (Å²) in [5, 5.41) is 18.4. The van der Waals surface area contributed by atoms with Crippen molar-refractivity contribution in [3.05, 3.63) is 47.5 Å². The topological polar surface area (TPSA) is 70.3 Å². The summed E-state index contributed by atoms with van der Waals surface area (Å²) in [6.45, 7) is 3.45. The van der Waals surface area contributed by atoms with Crippen molar-refractivity contribution in [2.24, 2.45) is 0 Å². The molecule has 0 saturated heterocycles. The molecule has 4 nitrogen and oxygen atoms in total. The van der Waals surface area contributed by atoms with E-state index in [-0.39, 0.29) is 5.57 Å². The number of nitrogens with zero attached hydrogens (tertiary/aromatic N) is 1. The molecule has 0 saturated carbocycles. The number of hydrogen-bond acceptors (Lipinski definition) is 4. The van der Waals surface area contributed by atoms with Gasteiger partial charge >= 0.3 is 5.97 Å². The van der Waals surface area contributed by atoms with Crippen molar-refractivity contribution >= 4 is 5.97 Å². The van der Waals surface area contributed by atoms with Gasteiger partial charge in [0.1, 0.15) is 6.10 Å². The maximum atomic E-state index is 11.1. The van der Waals surface area contributed by atoms with E-state index >= 15 is 0 Å². The molecule has 0 amide bonds. The van der Waals surface area contributed by atoms with Crippen molar-refractivity contribution < 1.29 is 14.6 Å². The highest BCUT2D eigenvalue weighted by molar-refractivity contribution is 5.88. The summed E-state index contributed by atoms with van der Waals surface area (Å²) in [6, 6.07) is 8.21. The summed E-state index contributed by atoms with van der Waals surface area (Å²) in [5.74, 6) is -0.656. The van der Waals surface area contributed by atoms with Crippen LogP contribution in [0.3, 0.4) is 0 Å². The Hall–Kier alpha value is -2.12. The average molecular weight is 217 g/mol. The lowest BCUT2D eigenvalue weighted by Crippen LogP contribution is -2.11. The lowest BCUT2D eigenvalue weighted by molar-refractivity contribution is -0.137. The Kier molecular flexibility index (Phi) is 3.81. The number of rotatable bonds is 3. The van der Waals surface area contributed by atoms with Gasteiger partial charge in [0, 0.05) is 0 Å². The van der Waals surface area contributed by atoms with Gasteiger partial charge in [-0.2, -0.15) is 5.26 Å². The normalized spacial score (nSPS) is 11.3. The fourth-order valence-corrected chi connectivity index (χ4v) is 1.18. The van der Waals surface area contributed by atoms with Crippen molar-refractivity contribution in [2.45, 2.75) is 6.10 Å². The minimum absolute atomic E-state index is 0.0350. The minimum atomic E-state index is -1.11. The van der Waals surface area contributed by atoms with Gasteiger partial charge in [0.2, 0.25) is 0 Å². The van der Waals surface area contributed by atoms with E-state index in [1.54, 1.807) is 24.3 Å². The quantitative estimate of drug-likeness (QED) is 0.612. The standard InChI is InChI=1S/C12H11NO3/c1-8(12(15)16-2)11(14)10-5-3-9(7-13)4-6-10/h3-6,11,14H,1H2,2H3/t11-/m1/s1. The smallest absolute Gasteiger partial charge is 0.336 e. The van der Waals surface area contributed by atoms with Crippen LogP contribution in [0.25, 0.3) is 0 Å². The van der Waals surface area contributed by atoms with Crippen molar-refractivity contribution in [1.29, 1.82) is 5.26 Å². The van der Waals surface area contributed by atoms with Crippen LogP contribution >= 0.6 is 0 Å². The Bertz CT molecular complexity index is 442. The maximum Gasteiger partial charge on any atom is 0.336 e. The SMILES string of the molecule is C=C(C(=O)OC)[C@@H](O)c1ccc(C#N)cc1. The third-order valence-corrected chi connectivity index (χ3v) is 2.13. The van der Waals surface area contributed by atoms with E-state index in [1.807, 2.05) is 6.07 Å². The molecule has 0 aliphatic heterocycles. The van der Waals surface area contributed by atoms with E-state index in [0.717, 1.165) is 0 Å². The lowest BCUT2D eigenvalue weighted by atomic mass is 10.0. The second kappa shape index (κ2) is 5.10. The lowest BCUT2D eigenvalue weighted by Gasteiger charge is -2.11. The van der Waals surface area contributed by atoms with Crippen molar-refractivity contribution in [2.75, 3.05) is 7.11 Å². The molecule has 0 unspecified atom stereocenters. The van der Waals surface area contributed by atoms with Gasteiger partial charge in [-0.15, -0.1) is 0 Å². The Balaban J connectivity index is 2.89. The number of methoxy groups -OCH3 is 1.